The summed E-state index contributed by atoms with van der Waals surface area (Å²) in [5, 5.41) is 3.22. The number of nitrogens with zero attached hydrogens (tertiary/aromatic N) is 1. The van der Waals surface area contributed by atoms with E-state index in [1.807, 2.05) is 36.2 Å². The van der Waals surface area contributed by atoms with E-state index in [1.165, 1.54) is 25.7 Å². The van der Waals surface area contributed by atoms with Gasteiger partial charge >= 0.3 is 0 Å². The standard InChI is InChI=1S/C21H32N2O2/c1-22-13-10-17-11-14-23(15-12-17)21(24)18-6-5-9-20(16-18)25-19-7-3-2-4-8-19/h5-6,9,16-17,19,22H,2-4,7-8,10-15H2,1H3. The maximum absolute atomic E-state index is 12.8. The van der Waals surface area contributed by atoms with E-state index < -0.39 is 0 Å². The number of ether oxygens (including phenoxy) is 1. The minimum Gasteiger partial charge on any atom is -0.490 e. The van der Waals surface area contributed by atoms with Crippen LogP contribution in [0.25, 0.3) is 0 Å². The number of likely N-dealkylation sites (tertiary alicyclic amines) is 1. The molecule has 1 aromatic rings. The average Bonchev–Trinajstić information content (AvgIpc) is 2.67. The van der Waals surface area contributed by atoms with Crippen molar-refractivity contribution in [1.82, 2.24) is 10.2 Å². The fraction of sp³-hybridized carbons (Fsp3) is 0.667. The zero-order valence-electron chi connectivity index (χ0n) is 15.5. The Hall–Kier alpha value is -1.55. The zero-order valence-corrected chi connectivity index (χ0v) is 15.5. The number of amides is 1. The number of piperidine rings is 1. The van der Waals surface area contributed by atoms with Crippen LogP contribution in [-0.4, -0.2) is 43.6 Å². The van der Waals surface area contributed by atoms with Gasteiger partial charge in [-0.15, -0.1) is 0 Å². The van der Waals surface area contributed by atoms with Crippen molar-refractivity contribution in [3.63, 3.8) is 0 Å². The molecule has 1 aliphatic heterocycles. The van der Waals surface area contributed by atoms with Gasteiger partial charge in [-0.25, -0.2) is 0 Å². The molecular weight excluding hydrogens is 312 g/mol. The third kappa shape index (κ3) is 5.21. The maximum Gasteiger partial charge on any atom is 0.253 e. The monoisotopic (exact) mass is 344 g/mol. The van der Waals surface area contributed by atoms with Crippen molar-refractivity contribution >= 4 is 5.91 Å². The normalized spacial score (nSPS) is 19.8. The van der Waals surface area contributed by atoms with Crippen LogP contribution in [0.15, 0.2) is 24.3 Å². The molecule has 25 heavy (non-hydrogen) atoms. The lowest BCUT2D eigenvalue weighted by molar-refractivity contribution is 0.0686. The van der Waals surface area contributed by atoms with Crippen LogP contribution >= 0.6 is 0 Å². The molecule has 0 bridgehead atoms. The van der Waals surface area contributed by atoms with Gasteiger partial charge in [-0.05, 0) is 82.7 Å². The smallest absolute Gasteiger partial charge is 0.253 e. The van der Waals surface area contributed by atoms with Crippen LogP contribution in [0.2, 0.25) is 0 Å². The number of hydrogen-bond donors (Lipinski definition) is 1. The van der Waals surface area contributed by atoms with Crippen LogP contribution in [0, 0.1) is 5.92 Å². The summed E-state index contributed by atoms with van der Waals surface area (Å²) in [6.45, 7) is 2.82. The molecule has 2 fully saturated rings. The summed E-state index contributed by atoms with van der Waals surface area (Å²) >= 11 is 0. The van der Waals surface area contributed by atoms with Gasteiger partial charge in [0.25, 0.3) is 5.91 Å². The molecule has 1 saturated heterocycles. The third-order valence-corrected chi connectivity index (χ3v) is 5.64. The Morgan fingerprint density at radius 3 is 2.64 bits per heavy atom. The highest BCUT2D eigenvalue weighted by Crippen LogP contribution is 2.25. The van der Waals surface area contributed by atoms with Crippen LogP contribution in [0.3, 0.4) is 0 Å². The summed E-state index contributed by atoms with van der Waals surface area (Å²) in [4.78, 5) is 14.8. The maximum atomic E-state index is 12.8. The Morgan fingerprint density at radius 2 is 1.92 bits per heavy atom. The SMILES string of the molecule is CNCCC1CCN(C(=O)c2cccc(OC3CCCCC3)c2)CC1. The van der Waals surface area contributed by atoms with Crippen LogP contribution < -0.4 is 10.1 Å². The first-order valence-corrected chi connectivity index (χ1v) is 9.97. The van der Waals surface area contributed by atoms with Crippen LogP contribution in [-0.2, 0) is 0 Å². The van der Waals surface area contributed by atoms with E-state index >= 15 is 0 Å². The summed E-state index contributed by atoms with van der Waals surface area (Å²) in [6.07, 6.45) is 9.87. The predicted molar refractivity (Wildman–Crippen MR) is 101 cm³/mol. The molecule has 0 unspecified atom stereocenters. The summed E-state index contributed by atoms with van der Waals surface area (Å²) in [7, 11) is 2.00. The van der Waals surface area contributed by atoms with E-state index in [0.29, 0.717) is 6.10 Å². The van der Waals surface area contributed by atoms with Gasteiger partial charge in [0.2, 0.25) is 0 Å². The molecular formula is C21H32N2O2. The van der Waals surface area contributed by atoms with Gasteiger partial charge in [-0.2, -0.15) is 0 Å². The lowest BCUT2D eigenvalue weighted by atomic mass is 9.93. The van der Waals surface area contributed by atoms with Gasteiger partial charge in [0.05, 0.1) is 6.10 Å². The van der Waals surface area contributed by atoms with Gasteiger partial charge in [0.1, 0.15) is 5.75 Å². The molecule has 0 spiro atoms. The fourth-order valence-electron chi connectivity index (χ4n) is 4.03. The molecule has 0 aromatic heterocycles. The second kappa shape index (κ2) is 9.23. The highest BCUT2D eigenvalue weighted by Gasteiger charge is 2.24. The first-order valence-electron chi connectivity index (χ1n) is 9.97. The lowest BCUT2D eigenvalue weighted by Crippen LogP contribution is -2.39. The molecule has 4 heteroatoms. The Bertz CT molecular complexity index is 547. The van der Waals surface area contributed by atoms with Gasteiger partial charge in [0.15, 0.2) is 0 Å². The average molecular weight is 344 g/mol. The Balaban J connectivity index is 1.54. The highest BCUT2D eigenvalue weighted by atomic mass is 16.5. The quantitative estimate of drug-likeness (QED) is 0.852. The Kier molecular flexibility index (Phi) is 6.74. The van der Waals surface area contributed by atoms with Crippen LogP contribution in [0.1, 0.15) is 61.7 Å². The number of benzene rings is 1. The molecule has 4 nitrogen and oxygen atoms in total. The first kappa shape index (κ1) is 18.2. The second-order valence-corrected chi connectivity index (χ2v) is 7.53. The van der Waals surface area contributed by atoms with Crippen molar-refractivity contribution in [2.45, 2.75) is 57.5 Å². The molecule has 1 saturated carbocycles. The van der Waals surface area contributed by atoms with E-state index in [-0.39, 0.29) is 5.91 Å². The Labute approximate surface area is 151 Å². The van der Waals surface area contributed by atoms with Crippen molar-refractivity contribution in [3.05, 3.63) is 29.8 Å². The van der Waals surface area contributed by atoms with E-state index in [0.717, 1.165) is 62.5 Å². The van der Waals surface area contributed by atoms with Crippen LogP contribution in [0.5, 0.6) is 5.75 Å². The molecule has 2 aliphatic rings. The van der Waals surface area contributed by atoms with E-state index in [9.17, 15) is 4.79 Å². The number of nitrogens with one attached hydrogen (secondary N) is 1. The molecule has 138 valence electrons. The molecule has 1 amide bonds. The number of carbonyl (C=O) groups is 1. The minimum atomic E-state index is 0.154. The van der Waals surface area contributed by atoms with E-state index in [2.05, 4.69) is 5.32 Å². The van der Waals surface area contributed by atoms with Crippen molar-refractivity contribution in [2.75, 3.05) is 26.7 Å². The zero-order chi connectivity index (χ0) is 17.5. The molecule has 1 aliphatic carbocycles. The number of hydrogen-bond acceptors (Lipinski definition) is 3. The van der Waals surface area contributed by atoms with Gasteiger partial charge in [-0.1, -0.05) is 12.5 Å². The van der Waals surface area contributed by atoms with Crippen molar-refractivity contribution in [3.8, 4) is 5.75 Å². The van der Waals surface area contributed by atoms with E-state index in [1.54, 1.807) is 0 Å². The second-order valence-electron chi connectivity index (χ2n) is 7.53. The Morgan fingerprint density at radius 1 is 1.16 bits per heavy atom. The van der Waals surface area contributed by atoms with Gasteiger partial charge in [0, 0.05) is 18.7 Å². The summed E-state index contributed by atoms with van der Waals surface area (Å²) < 4.78 is 6.12. The fourth-order valence-corrected chi connectivity index (χ4v) is 4.03. The number of carbonyl (C=O) groups excluding carboxylic acids is 1. The van der Waals surface area contributed by atoms with E-state index in [4.69, 9.17) is 4.74 Å². The van der Waals surface area contributed by atoms with Gasteiger partial charge < -0.3 is 15.0 Å². The number of rotatable bonds is 6. The summed E-state index contributed by atoms with van der Waals surface area (Å²) in [5.41, 5.74) is 0.766. The summed E-state index contributed by atoms with van der Waals surface area (Å²) in [5.74, 6) is 1.75. The first-order chi connectivity index (χ1) is 12.3. The molecule has 1 N–H and O–H groups in total. The highest BCUT2D eigenvalue weighted by molar-refractivity contribution is 5.94. The predicted octanol–water partition coefficient (Wildman–Crippen LogP) is 3.86. The topological polar surface area (TPSA) is 41.6 Å². The minimum absolute atomic E-state index is 0.154. The van der Waals surface area contributed by atoms with Crippen molar-refractivity contribution < 1.29 is 9.53 Å². The third-order valence-electron chi connectivity index (χ3n) is 5.64. The van der Waals surface area contributed by atoms with Crippen LogP contribution in [0.4, 0.5) is 0 Å². The molecule has 0 atom stereocenters. The van der Waals surface area contributed by atoms with Gasteiger partial charge in [-0.3, -0.25) is 4.79 Å². The molecule has 1 heterocycles. The lowest BCUT2D eigenvalue weighted by Gasteiger charge is -2.32. The summed E-state index contributed by atoms with van der Waals surface area (Å²) in [6, 6.07) is 7.79. The largest absolute Gasteiger partial charge is 0.490 e. The van der Waals surface area contributed by atoms with Crippen molar-refractivity contribution in [2.24, 2.45) is 5.92 Å². The molecule has 3 rings (SSSR count). The molecule has 0 radical (unpaired) electrons. The molecule has 1 aromatic carbocycles. The van der Waals surface area contributed by atoms with Crippen molar-refractivity contribution in [1.29, 1.82) is 0 Å².